The van der Waals surface area contributed by atoms with E-state index in [1.165, 1.54) is 11.3 Å². The fourth-order valence-corrected chi connectivity index (χ4v) is 4.33. The molecule has 0 aromatic carbocycles. The van der Waals surface area contributed by atoms with Gasteiger partial charge < -0.3 is 4.90 Å². The lowest BCUT2D eigenvalue weighted by atomic mass is 9.99. The summed E-state index contributed by atoms with van der Waals surface area (Å²) in [6, 6.07) is 0. The summed E-state index contributed by atoms with van der Waals surface area (Å²) in [6.07, 6.45) is 3.03. The lowest BCUT2D eigenvalue weighted by molar-refractivity contribution is 0.0701. The molecule has 5 heteroatoms. The molecule has 1 amide bonds. The fraction of sp³-hybridized carbons (Fsp3) is 0.588. The van der Waals surface area contributed by atoms with Crippen LogP contribution in [0.5, 0.6) is 0 Å². The van der Waals surface area contributed by atoms with E-state index in [4.69, 9.17) is 0 Å². The van der Waals surface area contributed by atoms with Gasteiger partial charge in [-0.3, -0.25) is 4.79 Å². The molecule has 2 aromatic heterocycles. The van der Waals surface area contributed by atoms with Gasteiger partial charge in [0.15, 0.2) is 0 Å². The molecule has 3 heterocycles. The number of nitrogens with zero attached hydrogens (tertiary/aromatic N) is 3. The second-order valence-electron chi connectivity index (χ2n) is 6.29. The average Bonchev–Trinajstić information content (AvgIpc) is 2.84. The molecule has 0 radical (unpaired) electrons. The van der Waals surface area contributed by atoms with Crippen LogP contribution in [0.15, 0.2) is 0 Å². The van der Waals surface area contributed by atoms with Gasteiger partial charge in [0.2, 0.25) is 0 Å². The maximum atomic E-state index is 12.9. The highest BCUT2D eigenvalue weighted by molar-refractivity contribution is 7.20. The Morgan fingerprint density at radius 1 is 1.27 bits per heavy atom. The van der Waals surface area contributed by atoms with Crippen molar-refractivity contribution < 1.29 is 4.79 Å². The minimum atomic E-state index is 0.171. The van der Waals surface area contributed by atoms with E-state index >= 15 is 0 Å². The van der Waals surface area contributed by atoms with Gasteiger partial charge in [0.25, 0.3) is 5.91 Å². The van der Waals surface area contributed by atoms with E-state index in [0.29, 0.717) is 0 Å². The van der Waals surface area contributed by atoms with Crippen LogP contribution in [0.1, 0.15) is 53.4 Å². The highest BCUT2D eigenvalue weighted by Gasteiger charge is 2.26. The van der Waals surface area contributed by atoms with E-state index in [2.05, 4.69) is 23.8 Å². The zero-order valence-electron chi connectivity index (χ0n) is 13.8. The zero-order chi connectivity index (χ0) is 15.9. The molecule has 22 heavy (non-hydrogen) atoms. The number of aromatic nitrogens is 2. The number of aryl methyl sites for hydroxylation is 3. The average molecular weight is 317 g/mol. The Bertz CT molecular complexity index is 714. The van der Waals surface area contributed by atoms with Gasteiger partial charge in [0.05, 0.1) is 4.88 Å². The molecule has 0 unspecified atom stereocenters. The minimum absolute atomic E-state index is 0.171. The summed E-state index contributed by atoms with van der Waals surface area (Å²) in [5.74, 6) is 1.76. The first-order valence-electron chi connectivity index (χ1n) is 8.07. The predicted octanol–water partition coefficient (Wildman–Crippen LogP) is 3.74. The van der Waals surface area contributed by atoms with E-state index in [0.717, 1.165) is 70.4 Å². The Morgan fingerprint density at radius 3 is 2.59 bits per heavy atom. The third-order valence-electron chi connectivity index (χ3n) is 4.60. The third-order valence-corrected chi connectivity index (χ3v) is 5.77. The Morgan fingerprint density at radius 2 is 1.95 bits per heavy atom. The van der Waals surface area contributed by atoms with Crippen LogP contribution >= 0.6 is 11.3 Å². The highest BCUT2D eigenvalue weighted by Crippen LogP contribution is 2.33. The molecule has 0 bridgehead atoms. The molecule has 0 atom stereocenters. The van der Waals surface area contributed by atoms with Crippen LogP contribution in [0.4, 0.5) is 0 Å². The number of carbonyl (C=O) groups is 1. The largest absolute Gasteiger partial charge is 0.338 e. The number of hydrogen-bond acceptors (Lipinski definition) is 4. The predicted molar refractivity (Wildman–Crippen MR) is 90.6 cm³/mol. The topological polar surface area (TPSA) is 46.1 Å². The third kappa shape index (κ3) is 2.62. The molecular formula is C17H23N3OS. The Kier molecular flexibility index (Phi) is 4.17. The van der Waals surface area contributed by atoms with Gasteiger partial charge in [-0.2, -0.15) is 0 Å². The number of piperidine rings is 1. The Hall–Kier alpha value is -1.49. The van der Waals surface area contributed by atoms with Gasteiger partial charge in [-0.05, 0) is 38.2 Å². The SMILES string of the molecule is CCc1nc(C)c2c(C)c(C(=O)N3CCC(C)CC3)sc2n1. The van der Waals surface area contributed by atoms with Crippen LogP contribution in [-0.2, 0) is 6.42 Å². The Balaban J connectivity index is 1.99. The van der Waals surface area contributed by atoms with E-state index in [9.17, 15) is 4.79 Å². The van der Waals surface area contributed by atoms with Crippen LogP contribution < -0.4 is 0 Å². The number of fused-ring (bicyclic) bond motifs is 1. The van der Waals surface area contributed by atoms with Gasteiger partial charge in [0.1, 0.15) is 10.7 Å². The van der Waals surface area contributed by atoms with Gasteiger partial charge in [-0.25, -0.2) is 9.97 Å². The van der Waals surface area contributed by atoms with Crippen LogP contribution in [-0.4, -0.2) is 33.9 Å². The normalized spacial score (nSPS) is 16.5. The maximum Gasteiger partial charge on any atom is 0.264 e. The molecule has 0 saturated carbocycles. The summed E-state index contributed by atoms with van der Waals surface area (Å²) in [4.78, 5) is 25.8. The smallest absolute Gasteiger partial charge is 0.264 e. The molecule has 4 nitrogen and oxygen atoms in total. The molecule has 3 rings (SSSR count). The lowest BCUT2D eigenvalue weighted by Crippen LogP contribution is -2.37. The second-order valence-corrected chi connectivity index (χ2v) is 7.29. The first-order valence-corrected chi connectivity index (χ1v) is 8.88. The molecular weight excluding hydrogens is 294 g/mol. The van der Waals surface area contributed by atoms with Crippen LogP contribution in [0.3, 0.4) is 0 Å². The number of amides is 1. The van der Waals surface area contributed by atoms with E-state index in [1.807, 2.05) is 18.7 Å². The van der Waals surface area contributed by atoms with Crippen molar-refractivity contribution in [2.24, 2.45) is 5.92 Å². The second kappa shape index (κ2) is 5.95. The number of likely N-dealkylation sites (tertiary alicyclic amines) is 1. The van der Waals surface area contributed by atoms with Crippen LogP contribution in [0.2, 0.25) is 0 Å². The summed E-state index contributed by atoms with van der Waals surface area (Å²) in [6.45, 7) is 10.1. The summed E-state index contributed by atoms with van der Waals surface area (Å²) in [5, 5.41) is 1.07. The molecule has 118 valence electrons. The maximum absolute atomic E-state index is 12.9. The summed E-state index contributed by atoms with van der Waals surface area (Å²) in [5.41, 5.74) is 2.03. The molecule has 1 aliphatic rings. The van der Waals surface area contributed by atoms with E-state index in [1.54, 1.807) is 0 Å². The molecule has 1 fully saturated rings. The number of carbonyl (C=O) groups excluding carboxylic acids is 1. The minimum Gasteiger partial charge on any atom is -0.338 e. The van der Waals surface area contributed by atoms with Crippen molar-refractivity contribution in [1.29, 1.82) is 0 Å². The lowest BCUT2D eigenvalue weighted by Gasteiger charge is -2.30. The molecule has 0 aliphatic carbocycles. The fourth-order valence-electron chi connectivity index (χ4n) is 3.11. The molecule has 0 spiro atoms. The van der Waals surface area contributed by atoms with Crippen molar-refractivity contribution in [1.82, 2.24) is 14.9 Å². The summed E-state index contributed by atoms with van der Waals surface area (Å²) < 4.78 is 0. The van der Waals surface area contributed by atoms with Crippen molar-refractivity contribution in [2.75, 3.05) is 13.1 Å². The van der Waals surface area contributed by atoms with Crippen molar-refractivity contribution in [3.8, 4) is 0 Å². The van der Waals surface area contributed by atoms with Crippen molar-refractivity contribution in [3.63, 3.8) is 0 Å². The molecule has 1 saturated heterocycles. The zero-order valence-corrected chi connectivity index (χ0v) is 14.6. The van der Waals surface area contributed by atoms with Gasteiger partial charge in [0, 0.05) is 30.6 Å². The number of hydrogen-bond donors (Lipinski definition) is 0. The summed E-state index contributed by atoms with van der Waals surface area (Å²) in [7, 11) is 0. The van der Waals surface area contributed by atoms with Crippen molar-refractivity contribution >= 4 is 27.5 Å². The summed E-state index contributed by atoms with van der Waals surface area (Å²) >= 11 is 1.53. The van der Waals surface area contributed by atoms with Crippen molar-refractivity contribution in [3.05, 3.63) is 22.0 Å². The molecule has 2 aromatic rings. The quantitative estimate of drug-likeness (QED) is 0.847. The monoisotopic (exact) mass is 317 g/mol. The van der Waals surface area contributed by atoms with E-state index < -0.39 is 0 Å². The van der Waals surface area contributed by atoms with Gasteiger partial charge in [-0.15, -0.1) is 11.3 Å². The van der Waals surface area contributed by atoms with Gasteiger partial charge in [-0.1, -0.05) is 13.8 Å². The number of rotatable bonds is 2. The van der Waals surface area contributed by atoms with Gasteiger partial charge >= 0.3 is 0 Å². The molecule has 1 aliphatic heterocycles. The molecule has 0 N–H and O–H groups in total. The van der Waals surface area contributed by atoms with Crippen LogP contribution in [0, 0.1) is 19.8 Å². The number of thiophene rings is 1. The van der Waals surface area contributed by atoms with E-state index in [-0.39, 0.29) is 5.91 Å². The highest BCUT2D eigenvalue weighted by atomic mass is 32.1. The Labute approximate surface area is 135 Å². The standard InChI is InChI=1S/C17H23N3OS/c1-5-13-18-12(4)14-11(3)15(22-16(14)19-13)17(21)20-8-6-10(2)7-9-20/h10H,5-9H2,1-4H3. The first kappa shape index (κ1) is 15.4. The first-order chi connectivity index (χ1) is 10.5. The van der Waals surface area contributed by atoms with Crippen LogP contribution in [0.25, 0.3) is 10.2 Å². The van der Waals surface area contributed by atoms with Crippen molar-refractivity contribution in [2.45, 2.75) is 47.0 Å².